The minimum atomic E-state index is 0.157. The summed E-state index contributed by atoms with van der Waals surface area (Å²) in [5.41, 5.74) is 1.82. The van der Waals surface area contributed by atoms with Crippen LogP contribution in [0.5, 0.6) is 5.75 Å². The number of ether oxygens (including phenoxy) is 1. The Bertz CT molecular complexity index is 600. The summed E-state index contributed by atoms with van der Waals surface area (Å²) in [6, 6.07) is 7.90. The fourth-order valence-corrected chi connectivity index (χ4v) is 2.26. The van der Waals surface area contributed by atoms with Gasteiger partial charge in [-0.05, 0) is 18.6 Å². The first-order chi connectivity index (χ1) is 8.71. The zero-order chi connectivity index (χ0) is 13.1. The summed E-state index contributed by atoms with van der Waals surface area (Å²) in [7, 11) is 1.63. The molecule has 0 aliphatic carbocycles. The molecule has 2 rings (SSSR count). The van der Waals surface area contributed by atoms with Gasteiger partial charge in [0.1, 0.15) is 18.1 Å². The summed E-state index contributed by atoms with van der Waals surface area (Å²) in [5, 5.41) is 8.94. The molecule has 0 bridgehead atoms. The number of benzene rings is 1. The van der Waals surface area contributed by atoms with Gasteiger partial charge in [-0.15, -0.1) is 0 Å². The lowest BCUT2D eigenvalue weighted by Crippen LogP contribution is -2.04. The Morgan fingerprint density at radius 2 is 2.33 bits per heavy atom. The molecule has 0 fully saturated rings. The summed E-state index contributed by atoms with van der Waals surface area (Å²) in [6.45, 7) is 2.39. The van der Waals surface area contributed by atoms with Crippen molar-refractivity contribution in [3.63, 3.8) is 0 Å². The second-order valence-corrected chi connectivity index (χ2v) is 5.05. The van der Waals surface area contributed by atoms with Crippen molar-refractivity contribution >= 4 is 27.0 Å². The number of fused-ring (bicyclic) bond motifs is 1. The van der Waals surface area contributed by atoms with Gasteiger partial charge < -0.3 is 9.30 Å². The van der Waals surface area contributed by atoms with Crippen molar-refractivity contribution in [2.24, 2.45) is 0 Å². The average Bonchev–Trinajstić information content (AvgIpc) is 2.76. The van der Waals surface area contributed by atoms with Crippen LogP contribution in [0.3, 0.4) is 0 Å². The molecular weight excluding hydrogens is 294 g/mol. The Labute approximate surface area is 114 Å². The van der Waals surface area contributed by atoms with Crippen molar-refractivity contribution in [3.05, 3.63) is 24.0 Å². The third-order valence-electron chi connectivity index (χ3n) is 2.85. The predicted molar refractivity (Wildman–Crippen MR) is 73.9 cm³/mol. The standard InChI is InChI=1S/C13H14BrN3O/c1-3-10(14)13-16-11-8-9(18-2)4-5-12(11)17(13)7-6-15/h4-5,8,10H,3,7H2,1-2H3. The van der Waals surface area contributed by atoms with Gasteiger partial charge in [0, 0.05) is 6.07 Å². The van der Waals surface area contributed by atoms with E-state index in [1.54, 1.807) is 7.11 Å². The molecule has 1 aromatic carbocycles. The molecule has 4 nitrogen and oxygen atoms in total. The SMILES string of the molecule is CCC(Br)c1nc2cc(OC)ccc2n1CC#N. The van der Waals surface area contributed by atoms with Crippen molar-refractivity contribution < 1.29 is 4.74 Å². The monoisotopic (exact) mass is 307 g/mol. The molecular formula is C13H14BrN3O. The van der Waals surface area contributed by atoms with Crippen LogP contribution in [-0.4, -0.2) is 16.7 Å². The van der Waals surface area contributed by atoms with Crippen molar-refractivity contribution in [3.8, 4) is 11.8 Å². The van der Waals surface area contributed by atoms with Crippen molar-refractivity contribution in [1.82, 2.24) is 9.55 Å². The number of alkyl halides is 1. The smallest absolute Gasteiger partial charge is 0.124 e. The topological polar surface area (TPSA) is 50.8 Å². The molecule has 0 spiro atoms. The Hall–Kier alpha value is -1.54. The summed E-state index contributed by atoms with van der Waals surface area (Å²) in [4.78, 5) is 4.75. The molecule has 94 valence electrons. The molecule has 2 aromatic rings. The second-order valence-electron chi connectivity index (χ2n) is 3.94. The van der Waals surface area contributed by atoms with Crippen LogP contribution in [0, 0.1) is 11.3 Å². The van der Waals surface area contributed by atoms with E-state index in [1.807, 2.05) is 22.8 Å². The summed E-state index contributed by atoms with van der Waals surface area (Å²) in [5.74, 6) is 1.67. The quantitative estimate of drug-likeness (QED) is 0.813. The molecule has 0 N–H and O–H groups in total. The van der Waals surface area contributed by atoms with Crippen LogP contribution < -0.4 is 4.74 Å². The number of nitriles is 1. The summed E-state index contributed by atoms with van der Waals surface area (Å²) < 4.78 is 7.13. The fourth-order valence-electron chi connectivity index (χ4n) is 1.91. The number of imidazole rings is 1. The van der Waals surface area contributed by atoms with Gasteiger partial charge in [0.05, 0.1) is 29.0 Å². The molecule has 1 heterocycles. The number of halogens is 1. The first-order valence-corrected chi connectivity index (χ1v) is 6.68. The summed E-state index contributed by atoms with van der Waals surface area (Å²) in [6.07, 6.45) is 0.923. The average molecular weight is 308 g/mol. The largest absolute Gasteiger partial charge is 0.497 e. The molecule has 1 aromatic heterocycles. The minimum Gasteiger partial charge on any atom is -0.497 e. The minimum absolute atomic E-state index is 0.157. The molecule has 0 saturated carbocycles. The zero-order valence-corrected chi connectivity index (χ0v) is 11.9. The van der Waals surface area contributed by atoms with E-state index in [0.717, 1.165) is 29.0 Å². The van der Waals surface area contributed by atoms with E-state index in [2.05, 4.69) is 33.9 Å². The Balaban J connectivity index is 2.63. The zero-order valence-electron chi connectivity index (χ0n) is 10.4. The first kappa shape index (κ1) is 12.9. The maximum absolute atomic E-state index is 8.94. The van der Waals surface area contributed by atoms with Gasteiger partial charge in [-0.3, -0.25) is 0 Å². The molecule has 18 heavy (non-hydrogen) atoms. The van der Waals surface area contributed by atoms with E-state index < -0.39 is 0 Å². The third-order valence-corrected chi connectivity index (χ3v) is 3.91. The number of nitrogens with zero attached hydrogens (tertiary/aromatic N) is 3. The van der Waals surface area contributed by atoms with E-state index in [0.29, 0.717) is 6.54 Å². The normalized spacial score (nSPS) is 12.3. The van der Waals surface area contributed by atoms with Gasteiger partial charge in [0.25, 0.3) is 0 Å². The highest BCUT2D eigenvalue weighted by molar-refractivity contribution is 9.09. The Morgan fingerprint density at radius 3 is 2.94 bits per heavy atom. The molecule has 0 aliphatic heterocycles. The lowest BCUT2D eigenvalue weighted by Gasteiger charge is -2.08. The highest BCUT2D eigenvalue weighted by Gasteiger charge is 2.16. The highest BCUT2D eigenvalue weighted by atomic mass is 79.9. The van der Waals surface area contributed by atoms with E-state index >= 15 is 0 Å². The van der Waals surface area contributed by atoms with E-state index in [-0.39, 0.29) is 4.83 Å². The van der Waals surface area contributed by atoms with E-state index in [9.17, 15) is 0 Å². The van der Waals surface area contributed by atoms with Gasteiger partial charge in [0.15, 0.2) is 0 Å². The van der Waals surface area contributed by atoms with Crippen LogP contribution in [0.25, 0.3) is 11.0 Å². The van der Waals surface area contributed by atoms with Crippen LogP contribution >= 0.6 is 15.9 Å². The maximum Gasteiger partial charge on any atom is 0.124 e. The molecule has 1 unspecified atom stereocenters. The van der Waals surface area contributed by atoms with E-state index in [4.69, 9.17) is 10.00 Å². The highest BCUT2D eigenvalue weighted by Crippen LogP contribution is 2.30. The van der Waals surface area contributed by atoms with E-state index in [1.165, 1.54) is 0 Å². The predicted octanol–water partition coefficient (Wildman–Crippen LogP) is 3.41. The summed E-state index contributed by atoms with van der Waals surface area (Å²) >= 11 is 3.60. The molecule has 1 atom stereocenters. The lowest BCUT2D eigenvalue weighted by molar-refractivity contribution is 0.415. The van der Waals surface area contributed by atoms with Crippen molar-refractivity contribution in [2.75, 3.05) is 7.11 Å². The molecule has 5 heteroatoms. The third kappa shape index (κ3) is 2.21. The number of aromatic nitrogens is 2. The molecule has 0 radical (unpaired) electrons. The van der Waals surface area contributed by atoms with Gasteiger partial charge in [0.2, 0.25) is 0 Å². The fraction of sp³-hybridized carbons (Fsp3) is 0.385. The van der Waals surface area contributed by atoms with Crippen LogP contribution in [0.15, 0.2) is 18.2 Å². The van der Waals surface area contributed by atoms with Crippen LogP contribution in [0.4, 0.5) is 0 Å². The molecule has 0 saturated heterocycles. The van der Waals surface area contributed by atoms with Gasteiger partial charge in [-0.25, -0.2) is 4.98 Å². The van der Waals surface area contributed by atoms with Gasteiger partial charge >= 0.3 is 0 Å². The molecule has 0 amide bonds. The van der Waals surface area contributed by atoms with Crippen molar-refractivity contribution in [2.45, 2.75) is 24.7 Å². The van der Waals surface area contributed by atoms with Crippen LogP contribution in [-0.2, 0) is 6.54 Å². The van der Waals surface area contributed by atoms with Crippen molar-refractivity contribution in [1.29, 1.82) is 5.26 Å². The Kier molecular flexibility index (Phi) is 3.87. The lowest BCUT2D eigenvalue weighted by atomic mass is 10.3. The molecule has 0 aliphatic rings. The number of methoxy groups -OCH3 is 1. The van der Waals surface area contributed by atoms with Crippen LogP contribution in [0.1, 0.15) is 24.0 Å². The number of rotatable bonds is 4. The number of hydrogen-bond acceptors (Lipinski definition) is 3. The Morgan fingerprint density at radius 1 is 1.56 bits per heavy atom. The maximum atomic E-state index is 8.94. The number of hydrogen-bond donors (Lipinski definition) is 0. The second kappa shape index (κ2) is 5.40. The van der Waals surface area contributed by atoms with Crippen LogP contribution in [0.2, 0.25) is 0 Å². The first-order valence-electron chi connectivity index (χ1n) is 5.76. The van der Waals surface area contributed by atoms with Gasteiger partial charge in [-0.2, -0.15) is 5.26 Å². The van der Waals surface area contributed by atoms with Gasteiger partial charge in [-0.1, -0.05) is 22.9 Å².